The summed E-state index contributed by atoms with van der Waals surface area (Å²) in [5.74, 6) is -1.18. The number of nitrogens with zero attached hydrogens (tertiary/aromatic N) is 1. The average Bonchev–Trinajstić information content (AvgIpc) is 2.94. The van der Waals surface area contributed by atoms with E-state index in [0.29, 0.717) is 31.9 Å². The second kappa shape index (κ2) is 12.6. The van der Waals surface area contributed by atoms with Crippen molar-refractivity contribution >= 4 is 33.2 Å². The molecule has 0 fully saturated rings. The van der Waals surface area contributed by atoms with E-state index in [0.717, 1.165) is 10.4 Å². The molecular weight excluding hydrogens is 529 g/mol. The Bertz CT molecular complexity index is 1450. The summed E-state index contributed by atoms with van der Waals surface area (Å²) in [6, 6.07) is 15.4. The lowest BCUT2D eigenvalue weighted by molar-refractivity contribution is -0.114. The van der Waals surface area contributed by atoms with E-state index in [1.807, 2.05) is 0 Å². The number of amides is 2. The first-order valence-corrected chi connectivity index (χ1v) is 13.6. The van der Waals surface area contributed by atoms with Crippen molar-refractivity contribution in [2.24, 2.45) is 0 Å². The standard InChI is InChI=1S/C27H28FN3O7S/c1-36-13-5-12-29-27(33)22-8-2-3-9-23(22)30-26(32)18-31(20-7-4-6-19(28)16-20)39(34,35)21-10-11-24-25(17-21)38-15-14-37-24/h2-4,6-11,16-17H,5,12-15,18H2,1H3,(H,29,33)(H,30,32). The summed E-state index contributed by atoms with van der Waals surface area (Å²) in [7, 11) is -2.79. The second-order valence-electron chi connectivity index (χ2n) is 8.49. The molecule has 0 atom stereocenters. The highest BCUT2D eigenvalue weighted by Crippen LogP contribution is 2.34. The molecule has 2 N–H and O–H groups in total. The maximum absolute atomic E-state index is 14.1. The monoisotopic (exact) mass is 557 g/mol. The lowest BCUT2D eigenvalue weighted by Gasteiger charge is -2.25. The zero-order chi connectivity index (χ0) is 27.8. The third-order valence-corrected chi connectivity index (χ3v) is 7.51. The summed E-state index contributed by atoms with van der Waals surface area (Å²) < 4.78 is 58.3. The summed E-state index contributed by atoms with van der Waals surface area (Å²) in [5, 5.41) is 5.36. The van der Waals surface area contributed by atoms with E-state index in [2.05, 4.69) is 10.6 Å². The Morgan fingerprint density at radius 1 is 1.00 bits per heavy atom. The van der Waals surface area contributed by atoms with Gasteiger partial charge in [0.25, 0.3) is 15.9 Å². The molecule has 12 heteroatoms. The summed E-state index contributed by atoms with van der Waals surface area (Å²) in [5.41, 5.74) is 0.349. The van der Waals surface area contributed by atoms with Gasteiger partial charge < -0.3 is 24.8 Å². The highest BCUT2D eigenvalue weighted by molar-refractivity contribution is 7.92. The molecule has 0 aliphatic carbocycles. The van der Waals surface area contributed by atoms with E-state index in [9.17, 15) is 22.4 Å². The van der Waals surface area contributed by atoms with Crippen molar-refractivity contribution in [2.75, 3.05) is 49.6 Å². The van der Waals surface area contributed by atoms with Gasteiger partial charge in [-0.3, -0.25) is 13.9 Å². The number of hydrogen-bond acceptors (Lipinski definition) is 7. The lowest BCUT2D eigenvalue weighted by Crippen LogP contribution is -2.38. The number of nitrogens with one attached hydrogen (secondary N) is 2. The Morgan fingerprint density at radius 3 is 2.54 bits per heavy atom. The molecular formula is C27H28FN3O7S. The largest absolute Gasteiger partial charge is 0.486 e. The predicted octanol–water partition coefficient (Wildman–Crippen LogP) is 3.20. The van der Waals surface area contributed by atoms with Crippen molar-refractivity contribution in [2.45, 2.75) is 11.3 Å². The van der Waals surface area contributed by atoms with Gasteiger partial charge in [0, 0.05) is 26.3 Å². The molecule has 39 heavy (non-hydrogen) atoms. The summed E-state index contributed by atoms with van der Waals surface area (Å²) in [4.78, 5) is 25.7. The molecule has 3 aromatic rings. The molecule has 0 saturated carbocycles. The molecule has 2 amide bonds. The molecule has 0 aromatic heterocycles. The number of para-hydroxylation sites is 1. The molecule has 0 saturated heterocycles. The number of halogens is 1. The number of methoxy groups -OCH3 is 1. The fourth-order valence-electron chi connectivity index (χ4n) is 3.88. The van der Waals surface area contributed by atoms with Crippen molar-refractivity contribution in [3.05, 3.63) is 78.1 Å². The van der Waals surface area contributed by atoms with Crippen LogP contribution in [-0.4, -0.2) is 60.3 Å². The Hall–Kier alpha value is -4.16. The Kier molecular flexibility index (Phi) is 8.99. The number of hydrogen-bond donors (Lipinski definition) is 2. The lowest BCUT2D eigenvalue weighted by atomic mass is 10.1. The molecule has 0 bridgehead atoms. The molecule has 0 spiro atoms. The third kappa shape index (κ3) is 6.84. The van der Waals surface area contributed by atoms with Crippen LogP contribution in [0.25, 0.3) is 0 Å². The highest BCUT2D eigenvalue weighted by atomic mass is 32.2. The highest BCUT2D eigenvalue weighted by Gasteiger charge is 2.29. The molecule has 3 aromatic carbocycles. The predicted molar refractivity (Wildman–Crippen MR) is 142 cm³/mol. The first kappa shape index (κ1) is 27.9. The van der Waals surface area contributed by atoms with Gasteiger partial charge >= 0.3 is 0 Å². The molecule has 4 rings (SSSR count). The van der Waals surface area contributed by atoms with Crippen LogP contribution in [0, 0.1) is 5.82 Å². The van der Waals surface area contributed by atoms with E-state index < -0.39 is 34.2 Å². The molecule has 1 aliphatic heterocycles. The van der Waals surface area contributed by atoms with E-state index >= 15 is 0 Å². The van der Waals surface area contributed by atoms with Crippen molar-refractivity contribution in [3.8, 4) is 11.5 Å². The SMILES string of the molecule is COCCCNC(=O)c1ccccc1NC(=O)CN(c1cccc(F)c1)S(=O)(=O)c1ccc2c(c1)OCCO2. The molecule has 1 aliphatic rings. The average molecular weight is 558 g/mol. The molecule has 0 unspecified atom stereocenters. The van der Waals surface area contributed by atoms with Gasteiger partial charge in [0.2, 0.25) is 5.91 Å². The normalized spacial score (nSPS) is 12.5. The smallest absolute Gasteiger partial charge is 0.264 e. The van der Waals surface area contributed by atoms with Crippen LogP contribution in [0.15, 0.2) is 71.6 Å². The number of carbonyl (C=O) groups excluding carboxylic acids is 2. The van der Waals surface area contributed by atoms with Gasteiger partial charge in [0.15, 0.2) is 11.5 Å². The first-order chi connectivity index (χ1) is 18.8. The second-order valence-corrected chi connectivity index (χ2v) is 10.4. The van der Waals surface area contributed by atoms with Crippen molar-refractivity contribution in [3.63, 3.8) is 0 Å². The van der Waals surface area contributed by atoms with Gasteiger partial charge in [-0.15, -0.1) is 0 Å². The zero-order valence-corrected chi connectivity index (χ0v) is 22.0. The Balaban J connectivity index is 1.59. The third-order valence-electron chi connectivity index (χ3n) is 5.74. The Labute approximate surface area is 225 Å². The topological polar surface area (TPSA) is 123 Å². The fourth-order valence-corrected chi connectivity index (χ4v) is 5.31. The van der Waals surface area contributed by atoms with Crippen LogP contribution in [0.3, 0.4) is 0 Å². The molecule has 10 nitrogen and oxygen atoms in total. The maximum Gasteiger partial charge on any atom is 0.264 e. The van der Waals surface area contributed by atoms with Gasteiger partial charge in [-0.05, 0) is 48.9 Å². The van der Waals surface area contributed by atoms with Crippen molar-refractivity contribution in [1.29, 1.82) is 0 Å². The number of sulfonamides is 1. The summed E-state index contributed by atoms with van der Waals surface area (Å²) >= 11 is 0. The van der Waals surface area contributed by atoms with Crippen LogP contribution in [0.4, 0.5) is 15.8 Å². The quantitative estimate of drug-likeness (QED) is 0.347. The number of ether oxygens (including phenoxy) is 3. The van der Waals surface area contributed by atoms with Crippen molar-refractivity contribution < 1.29 is 36.6 Å². The summed E-state index contributed by atoms with van der Waals surface area (Å²) in [6.45, 7) is 0.750. The van der Waals surface area contributed by atoms with Crippen LogP contribution in [-0.2, 0) is 19.6 Å². The summed E-state index contributed by atoms with van der Waals surface area (Å²) in [6.07, 6.45) is 0.608. The van der Waals surface area contributed by atoms with Crippen LogP contribution >= 0.6 is 0 Å². The van der Waals surface area contributed by atoms with E-state index in [1.165, 1.54) is 48.5 Å². The van der Waals surface area contributed by atoms with E-state index in [-0.39, 0.29) is 34.2 Å². The van der Waals surface area contributed by atoms with Crippen molar-refractivity contribution in [1.82, 2.24) is 5.32 Å². The van der Waals surface area contributed by atoms with Crippen LogP contribution in [0.2, 0.25) is 0 Å². The number of carbonyl (C=O) groups is 2. The number of benzene rings is 3. The van der Waals surface area contributed by atoms with Gasteiger partial charge in [0.1, 0.15) is 25.6 Å². The maximum atomic E-state index is 14.1. The van der Waals surface area contributed by atoms with Crippen LogP contribution in [0.1, 0.15) is 16.8 Å². The number of anilines is 2. The van der Waals surface area contributed by atoms with Crippen LogP contribution < -0.4 is 24.4 Å². The number of rotatable bonds is 11. The minimum atomic E-state index is -4.36. The Morgan fingerprint density at radius 2 is 1.77 bits per heavy atom. The fraction of sp³-hybridized carbons (Fsp3) is 0.259. The zero-order valence-electron chi connectivity index (χ0n) is 21.2. The van der Waals surface area contributed by atoms with E-state index in [4.69, 9.17) is 14.2 Å². The van der Waals surface area contributed by atoms with Crippen LogP contribution in [0.5, 0.6) is 11.5 Å². The minimum absolute atomic E-state index is 0.0517. The van der Waals surface area contributed by atoms with Gasteiger partial charge in [0.05, 0.1) is 21.8 Å². The van der Waals surface area contributed by atoms with Gasteiger partial charge in [-0.25, -0.2) is 12.8 Å². The van der Waals surface area contributed by atoms with Gasteiger partial charge in [-0.1, -0.05) is 18.2 Å². The number of fused-ring (bicyclic) bond motifs is 1. The van der Waals surface area contributed by atoms with E-state index in [1.54, 1.807) is 19.2 Å². The first-order valence-electron chi connectivity index (χ1n) is 12.1. The molecule has 1 heterocycles. The van der Waals surface area contributed by atoms with Gasteiger partial charge in [-0.2, -0.15) is 0 Å². The molecule has 206 valence electrons. The minimum Gasteiger partial charge on any atom is -0.486 e. The molecule has 0 radical (unpaired) electrons.